The van der Waals surface area contributed by atoms with E-state index < -0.39 is 59.2 Å². The van der Waals surface area contributed by atoms with Crippen molar-refractivity contribution in [3.05, 3.63) is 107 Å². The van der Waals surface area contributed by atoms with Gasteiger partial charge in [0.2, 0.25) is 35.4 Å². The van der Waals surface area contributed by atoms with E-state index in [4.69, 9.17) is 9.47 Å². The van der Waals surface area contributed by atoms with Gasteiger partial charge in [-0.1, -0.05) is 113 Å². The number of nitrogens with one attached hydrogen (secondary N) is 6. The van der Waals surface area contributed by atoms with Crippen LogP contribution < -0.4 is 31.9 Å². The molecule has 6 amide bonds. The van der Waals surface area contributed by atoms with Gasteiger partial charge in [-0.15, -0.1) is 23.5 Å². The van der Waals surface area contributed by atoms with Gasteiger partial charge in [0.25, 0.3) is 0 Å². The molecule has 6 N–H and O–H groups in total. The van der Waals surface area contributed by atoms with Crippen molar-refractivity contribution in [2.45, 2.75) is 140 Å². The van der Waals surface area contributed by atoms with Crippen molar-refractivity contribution in [3.8, 4) is 0 Å². The first-order valence-electron chi connectivity index (χ1n) is 25.2. The van der Waals surface area contributed by atoms with E-state index in [0.717, 1.165) is 22.3 Å². The molecular weight excluding hydrogens is 1270 g/mol. The number of fused-ring (bicyclic) bond motifs is 2. The second kappa shape index (κ2) is 40.1. The highest BCUT2D eigenvalue weighted by atomic mass is 32.2. The zero-order valence-corrected chi connectivity index (χ0v) is 59.5. The third-order valence-corrected chi connectivity index (χ3v) is 17.0. The molecule has 3 aromatic rings. The molecule has 4 fully saturated rings. The molecule has 4 aliphatic rings. The van der Waals surface area contributed by atoms with E-state index in [0.29, 0.717) is 37.2 Å². The van der Waals surface area contributed by atoms with Crippen LogP contribution in [-0.2, 0) is 51.5 Å². The standard InChI is InChI=1S/C54H74N8O8S2.10H2S/c1-33(55-7)47(63)57-39-23-25-71-43-27-53(3,4)45(61(43)51(39)67)49(65)59-41(37-15-11-9-12-16-37)31-69-29-35-19-21-36(22-20-35)30-70-32-42(38-17-13-10-14-18-38)60-50(66)46-54(5,6)28-44-62(46)52(68)40(24-26-72-44)58-48(64)34(2)56-8;;;;;;;;;;/h9-22,33-34,39-46,55-56H,23-32H2,1-8H3,(H,57,63)(H,58,64)(H,59,65)(H,60,66);10*1H2/t33-,34-,39-,40-,41+,42+,43-,44-,45+,46+;;;;;;;;;;/m0........../s1. The second-order valence-corrected chi connectivity index (χ2v) is 23.4. The molecule has 4 aliphatic heterocycles. The van der Waals surface area contributed by atoms with Gasteiger partial charge in [0.1, 0.15) is 24.2 Å². The van der Waals surface area contributed by atoms with Gasteiger partial charge < -0.3 is 51.2 Å². The summed E-state index contributed by atoms with van der Waals surface area (Å²) in [5.74, 6) is -0.136. The normalized spacial score (nSPS) is 22.1. The molecule has 7 rings (SSSR count). The maximum absolute atomic E-state index is 14.5. The molecular formula is C54H94N8O8S12. The summed E-state index contributed by atoms with van der Waals surface area (Å²) >= 11 is 3.32. The number of likely N-dealkylation sites (N-methyl/N-ethyl adjacent to an activating group) is 2. The number of carbonyl (C=O) groups is 6. The van der Waals surface area contributed by atoms with Crippen LogP contribution in [0.15, 0.2) is 84.9 Å². The van der Waals surface area contributed by atoms with E-state index in [9.17, 15) is 28.8 Å². The van der Waals surface area contributed by atoms with Gasteiger partial charge in [-0.3, -0.25) is 28.8 Å². The monoisotopic (exact) mass is 1370 g/mol. The molecule has 0 aromatic heterocycles. The van der Waals surface area contributed by atoms with Crippen LogP contribution >= 0.6 is 158 Å². The molecule has 0 radical (unpaired) electrons. The van der Waals surface area contributed by atoms with Gasteiger partial charge in [0, 0.05) is 0 Å². The van der Waals surface area contributed by atoms with Crippen molar-refractivity contribution < 1.29 is 38.2 Å². The van der Waals surface area contributed by atoms with Crippen LogP contribution in [-0.4, -0.2) is 131 Å². The Labute approximate surface area is 565 Å². The minimum atomic E-state index is -0.750. The second-order valence-electron chi connectivity index (χ2n) is 20.8. The van der Waals surface area contributed by atoms with Gasteiger partial charge in [0.15, 0.2) is 0 Å². The fourth-order valence-corrected chi connectivity index (χ4v) is 13.3. The Kier molecular flexibility index (Phi) is 42.6. The van der Waals surface area contributed by atoms with Crippen molar-refractivity contribution in [2.75, 3.05) is 38.8 Å². The summed E-state index contributed by atoms with van der Waals surface area (Å²) in [5, 5.41) is 17.8. The number of thioether (sulfide) groups is 2. The van der Waals surface area contributed by atoms with E-state index in [1.165, 1.54) is 0 Å². The summed E-state index contributed by atoms with van der Waals surface area (Å²) in [6, 6.07) is 22.4. The first-order valence-corrected chi connectivity index (χ1v) is 27.3. The summed E-state index contributed by atoms with van der Waals surface area (Å²) in [4.78, 5) is 86.4. The Morgan fingerprint density at radius 1 is 0.537 bits per heavy atom. The molecule has 0 saturated carbocycles. The maximum atomic E-state index is 14.5. The predicted octanol–water partition coefficient (Wildman–Crippen LogP) is 5.93. The number of benzene rings is 3. The van der Waals surface area contributed by atoms with Crippen LogP contribution in [0.4, 0.5) is 0 Å². The molecule has 16 nitrogen and oxygen atoms in total. The lowest BCUT2D eigenvalue weighted by molar-refractivity contribution is -0.144. The maximum Gasteiger partial charge on any atom is 0.246 e. The predicted molar refractivity (Wildman–Crippen MR) is 385 cm³/mol. The van der Waals surface area contributed by atoms with E-state index in [-0.39, 0.29) is 208 Å². The fourth-order valence-electron chi connectivity index (χ4n) is 10.2. The molecule has 4 heterocycles. The lowest BCUT2D eigenvalue weighted by atomic mass is 9.83. The van der Waals surface area contributed by atoms with Crippen LogP contribution in [0, 0.1) is 10.8 Å². The number of hydrogen-bond acceptors (Lipinski definition) is 12. The van der Waals surface area contributed by atoms with Crippen LogP contribution in [0.2, 0.25) is 0 Å². The van der Waals surface area contributed by atoms with Crippen LogP contribution in [0.5, 0.6) is 0 Å². The van der Waals surface area contributed by atoms with Crippen LogP contribution in [0.3, 0.4) is 0 Å². The van der Waals surface area contributed by atoms with E-state index >= 15 is 0 Å². The number of hydrogen-bond donors (Lipinski definition) is 6. The molecule has 28 heteroatoms. The van der Waals surface area contributed by atoms with Gasteiger partial charge in [-0.25, -0.2) is 0 Å². The Balaban J connectivity index is -0.00000304. The van der Waals surface area contributed by atoms with Gasteiger partial charge in [-0.2, -0.15) is 135 Å². The van der Waals surface area contributed by atoms with Gasteiger partial charge >= 0.3 is 0 Å². The fraction of sp³-hybridized carbons (Fsp3) is 0.556. The molecule has 4 saturated heterocycles. The highest BCUT2D eigenvalue weighted by molar-refractivity contribution is 8.00. The Morgan fingerprint density at radius 2 is 0.854 bits per heavy atom. The topological polar surface area (TPSA) is 200 Å². The smallest absolute Gasteiger partial charge is 0.246 e. The average molecular weight is 1370 g/mol. The van der Waals surface area contributed by atoms with E-state index in [1.807, 2.05) is 113 Å². The minimum absolute atomic E-state index is 0. The molecule has 3 aromatic carbocycles. The van der Waals surface area contributed by atoms with Crippen LogP contribution in [0.1, 0.15) is 102 Å². The zero-order chi connectivity index (χ0) is 51.7. The lowest BCUT2D eigenvalue weighted by Crippen LogP contribution is -2.58. The summed E-state index contributed by atoms with van der Waals surface area (Å²) in [6.45, 7) is 12.5. The molecule has 470 valence electrons. The molecule has 0 aliphatic carbocycles. The van der Waals surface area contributed by atoms with Crippen molar-refractivity contribution >= 4 is 194 Å². The summed E-state index contributed by atoms with van der Waals surface area (Å²) < 4.78 is 12.6. The first kappa shape index (κ1) is 87.0. The van der Waals surface area contributed by atoms with E-state index in [2.05, 4.69) is 31.9 Å². The van der Waals surface area contributed by atoms with Crippen molar-refractivity contribution in [3.63, 3.8) is 0 Å². The number of nitrogens with zero attached hydrogens (tertiary/aromatic N) is 2. The van der Waals surface area contributed by atoms with Gasteiger partial charge in [0.05, 0.1) is 61.3 Å². The van der Waals surface area contributed by atoms with Crippen LogP contribution in [0.25, 0.3) is 0 Å². The van der Waals surface area contributed by atoms with Gasteiger partial charge in [-0.05, 0) is 98.2 Å². The van der Waals surface area contributed by atoms with Crippen molar-refractivity contribution in [1.29, 1.82) is 0 Å². The van der Waals surface area contributed by atoms with Crippen molar-refractivity contribution in [2.24, 2.45) is 10.8 Å². The highest BCUT2D eigenvalue weighted by Gasteiger charge is 2.56. The van der Waals surface area contributed by atoms with E-state index in [1.54, 1.807) is 61.3 Å². The quantitative estimate of drug-likeness (QED) is 0.0782. The molecule has 0 bridgehead atoms. The number of ether oxygens (including phenoxy) is 2. The third kappa shape index (κ3) is 22.0. The SMILES string of the molecule is CN[C@@H](C)C(=O)N[C@H]1CCS[C@H]2CC(C)(C)[C@@H](C(=O)N[C@H](COCc3ccc(COC[C@@H](NC(=O)[C@H]4N5C(=O)[C@@H](NC(=O)[C@H](C)NC)CCS[C@H]5CC4(C)C)c4ccccc4)cc3)c3ccccc3)N2C1=O.S.S.S.S.S.S.S.S.S.S. The minimum Gasteiger partial charge on any atom is -0.374 e. The summed E-state index contributed by atoms with van der Waals surface area (Å²) in [7, 11) is 3.40. The highest BCUT2D eigenvalue weighted by Crippen LogP contribution is 2.48. The number of rotatable bonds is 20. The summed E-state index contributed by atoms with van der Waals surface area (Å²) in [6.07, 6.45) is 2.27. The number of amides is 6. The molecule has 0 unspecified atom stereocenters. The zero-order valence-electron chi connectivity index (χ0n) is 47.9. The lowest BCUT2D eigenvalue weighted by Gasteiger charge is -2.35. The Hall–Kier alpha value is -1.48. The third-order valence-electron chi connectivity index (χ3n) is 14.5. The molecule has 82 heavy (non-hydrogen) atoms. The van der Waals surface area contributed by atoms with Crippen molar-refractivity contribution in [1.82, 2.24) is 41.7 Å². The average Bonchev–Trinajstić information content (AvgIpc) is 3.69. The summed E-state index contributed by atoms with van der Waals surface area (Å²) in [5.41, 5.74) is 2.56. The molecule has 10 atom stereocenters. The number of carbonyl (C=O) groups excluding carboxylic acids is 6. The molecule has 0 spiro atoms. The first-order chi connectivity index (χ1) is 34.4. The Bertz CT molecular complexity index is 2230. The Morgan fingerprint density at radius 3 is 1.16 bits per heavy atom. The largest absolute Gasteiger partial charge is 0.374 e.